The molecule has 0 aliphatic carbocycles. The van der Waals surface area contributed by atoms with Gasteiger partial charge in [0.15, 0.2) is 6.10 Å². The number of carbonyl (C=O) groups excluding carboxylic acids is 1. The van der Waals surface area contributed by atoms with Gasteiger partial charge >= 0.3 is 5.97 Å². The molecule has 1 rings (SSSR count). The van der Waals surface area contributed by atoms with Crippen LogP contribution in [0.4, 0.5) is 0 Å². The van der Waals surface area contributed by atoms with Crippen LogP contribution in [0.25, 0.3) is 0 Å². The van der Waals surface area contributed by atoms with Crippen molar-refractivity contribution in [3.8, 4) is 0 Å². The van der Waals surface area contributed by atoms with Gasteiger partial charge in [-0.1, -0.05) is 0 Å². The van der Waals surface area contributed by atoms with Crippen molar-refractivity contribution < 1.29 is 19.4 Å². The molecule has 0 saturated carbocycles. The number of ether oxygens (including phenoxy) is 1. The maximum atomic E-state index is 11.6. The highest BCUT2D eigenvalue weighted by atomic mass is 16.5. The zero-order valence-electron chi connectivity index (χ0n) is 9.68. The molecule has 6 heteroatoms. The average molecular weight is 230 g/mol. The number of aliphatic carboxylic acids is 1. The zero-order valence-corrected chi connectivity index (χ0v) is 9.68. The Labute approximate surface area is 94.8 Å². The molecule has 0 aromatic rings. The third-order valence-corrected chi connectivity index (χ3v) is 2.68. The molecule has 0 bridgehead atoms. The summed E-state index contributed by atoms with van der Waals surface area (Å²) in [5.41, 5.74) is 0. The zero-order chi connectivity index (χ0) is 12.1. The van der Waals surface area contributed by atoms with E-state index in [0.717, 1.165) is 0 Å². The van der Waals surface area contributed by atoms with Gasteiger partial charge in [0.1, 0.15) is 0 Å². The average Bonchev–Trinajstić information content (AvgIpc) is 2.28. The fraction of sp³-hybridized carbons (Fsp3) is 0.800. The number of carboxylic acids is 1. The van der Waals surface area contributed by atoms with E-state index in [1.54, 1.807) is 11.9 Å². The first-order chi connectivity index (χ1) is 7.54. The topological polar surface area (TPSA) is 70.1 Å². The Morgan fingerprint density at radius 2 is 2.25 bits per heavy atom. The van der Waals surface area contributed by atoms with Gasteiger partial charge in [-0.3, -0.25) is 9.69 Å². The Hall–Kier alpha value is -1.14. The smallest absolute Gasteiger partial charge is 0.334 e. The molecule has 0 aromatic heterocycles. The van der Waals surface area contributed by atoms with Crippen LogP contribution >= 0.6 is 0 Å². The van der Waals surface area contributed by atoms with Gasteiger partial charge in [-0.2, -0.15) is 0 Å². The molecule has 1 N–H and O–H groups in total. The molecule has 1 heterocycles. The number of rotatable bonds is 4. The third kappa shape index (κ3) is 3.46. The van der Waals surface area contributed by atoms with E-state index in [4.69, 9.17) is 9.84 Å². The summed E-state index contributed by atoms with van der Waals surface area (Å²) < 4.78 is 5.07. The Kier molecular flexibility index (Phi) is 4.70. The summed E-state index contributed by atoms with van der Waals surface area (Å²) in [5, 5.41) is 8.80. The van der Waals surface area contributed by atoms with Crippen molar-refractivity contribution in [1.29, 1.82) is 0 Å². The van der Waals surface area contributed by atoms with Crippen molar-refractivity contribution in [2.45, 2.75) is 13.0 Å². The van der Waals surface area contributed by atoms with Crippen molar-refractivity contribution in [2.75, 3.05) is 39.8 Å². The van der Waals surface area contributed by atoms with Crippen LogP contribution in [0, 0.1) is 0 Å². The minimum Gasteiger partial charge on any atom is -0.479 e. The summed E-state index contributed by atoms with van der Waals surface area (Å²) in [7, 11) is 1.73. The van der Waals surface area contributed by atoms with Gasteiger partial charge in [0.2, 0.25) is 5.91 Å². The van der Waals surface area contributed by atoms with Crippen LogP contribution in [0.1, 0.15) is 6.92 Å². The van der Waals surface area contributed by atoms with Crippen LogP contribution in [0.2, 0.25) is 0 Å². The summed E-state index contributed by atoms with van der Waals surface area (Å²) in [6, 6.07) is 0. The van der Waals surface area contributed by atoms with Crippen molar-refractivity contribution in [3.05, 3.63) is 0 Å². The molecule has 1 aliphatic heterocycles. The van der Waals surface area contributed by atoms with E-state index in [-0.39, 0.29) is 19.0 Å². The first kappa shape index (κ1) is 12.9. The predicted molar refractivity (Wildman–Crippen MR) is 57.1 cm³/mol. The maximum Gasteiger partial charge on any atom is 0.334 e. The first-order valence-corrected chi connectivity index (χ1v) is 5.35. The number of likely N-dealkylation sites (N-methyl/N-ethyl adjacent to an activating group) is 1. The minimum absolute atomic E-state index is 0.00791. The Balaban J connectivity index is 2.43. The highest BCUT2D eigenvalue weighted by Crippen LogP contribution is 2.05. The lowest BCUT2D eigenvalue weighted by molar-refractivity contribution is -0.157. The van der Waals surface area contributed by atoms with E-state index in [1.165, 1.54) is 0 Å². The Morgan fingerprint density at radius 1 is 1.56 bits per heavy atom. The van der Waals surface area contributed by atoms with Crippen LogP contribution in [0.5, 0.6) is 0 Å². The number of amides is 1. The predicted octanol–water partition coefficient (Wildman–Crippen LogP) is -0.750. The highest BCUT2D eigenvalue weighted by molar-refractivity contribution is 5.78. The van der Waals surface area contributed by atoms with Crippen molar-refractivity contribution in [1.82, 2.24) is 9.80 Å². The molecule has 1 aliphatic rings. The Morgan fingerprint density at radius 3 is 2.81 bits per heavy atom. The van der Waals surface area contributed by atoms with Crippen LogP contribution in [0.3, 0.4) is 0 Å². The number of carbonyl (C=O) groups is 2. The monoisotopic (exact) mass is 230 g/mol. The molecule has 16 heavy (non-hydrogen) atoms. The van der Waals surface area contributed by atoms with E-state index in [1.807, 2.05) is 11.8 Å². The second-order valence-corrected chi connectivity index (χ2v) is 3.84. The maximum absolute atomic E-state index is 11.6. The van der Waals surface area contributed by atoms with Gasteiger partial charge in [-0.25, -0.2) is 4.79 Å². The van der Waals surface area contributed by atoms with E-state index in [9.17, 15) is 9.59 Å². The number of carboxylic acid groups (broad SMARTS) is 1. The number of hydrogen-bond acceptors (Lipinski definition) is 4. The van der Waals surface area contributed by atoms with Crippen LogP contribution in [-0.2, 0) is 14.3 Å². The standard InChI is InChI=1S/C10H18N2O4/c1-3-11(2)9(13)7-12-4-5-16-8(6-12)10(14)15/h8H,3-7H2,1-2H3,(H,14,15). The molecule has 0 aromatic carbocycles. The quantitative estimate of drug-likeness (QED) is 0.688. The van der Waals surface area contributed by atoms with Gasteiger partial charge in [-0.15, -0.1) is 0 Å². The van der Waals surface area contributed by atoms with Crippen LogP contribution in [0.15, 0.2) is 0 Å². The third-order valence-electron chi connectivity index (χ3n) is 2.68. The molecular formula is C10H18N2O4. The lowest BCUT2D eigenvalue weighted by Crippen LogP contribution is -2.49. The molecule has 1 amide bonds. The summed E-state index contributed by atoms with van der Waals surface area (Å²) in [4.78, 5) is 25.8. The summed E-state index contributed by atoms with van der Waals surface area (Å²) in [5.74, 6) is -0.963. The second-order valence-electron chi connectivity index (χ2n) is 3.84. The van der Waals surface area contributed by atoms with E-state index >= 15 is 0 Å². The largest absolute Gasteiger partial charge is 0.479 e. The second kappa shape index (κ2) is 5.81. The lowest BCUT2D eigenvalue weighted by atomic mass is 10.2. The molecule has 0 radical (unpaired) electrons. The van der Waals surface area contributed by atoms with E-state index < -0.39 is 12.1 Å². The van der Waals surface area contributed by atoms with Gasteiger partial charge < -0.3 is 14.7 Å². The fourth-order valence-electron chi connectivity index (χ4n) is 1.48. The Bertz CT molecular complexity index is 270. The number of nitrogens with zero attached hydrogens (tertiary/aromatic N) is 2. The van der Waals surface area contributed by atoms with Gasteiger partial charge in [0.25, 0.3) is 0 Å². The van der Waals surface area contributed by atoms with Crippen LogP contribution in [-0.4, -0.2) is 72.7 Å². The summed E-state index contributed by atoms with van der Waals surface area (Å²) in [6.45, 7) is 4.06. The molecule has 1 atom stereocenters. The number of hydrogen-bond donors (Lipinski definition) is 1. The van der Waals surface area contributed by atoms with Gasteiger partial charge in [-0.05, 0) is 6.92 Å². The summed E-state index contributed by atoms with van der Waals surface area (Å²) in [6.07, 6.45) is -0.812. The van der Waals surface area contributed by atoms with E-state index in [0.29, 0.717) is 19.7 Å². The molecular weight excluding hydrogens is 212 g/mol. The molecule has 1 saturated heterocycles. The van der Waals surface area contributed by atoms with Crippen molar-refractivity contribution in [2.24, 2.45) is 0 Å². The lowest BCUT2D eigenvalue weighted by Gasteiger charge is -2.31. The molecule has 0 spiro atoms. The van der Waals surface area contributed by atoms with Crippen molar-refractivity contribution >= 4 is 11.9 Å². The van der Waals surface area contributed by atoms with E-state index in [2.05, 4.69) is 0 Å². The molecule has 92 valence electrons. The van der Waals surface area contributed by atoms with Gasteiger partial charge in [0.05, 0.1) is 13.2 Å². The highest BCUT2D eigenvalue weighted by Gasteiger charge is 2.27. The fourth-order valence-corrected chi connectivity index (χ4v) is 1.48. The SMILES string of the molecule is CCN(C)C(=O)CN1CCOC(C(=O)O)C1. The van der Waals surface area contributed by atoms with Crippen LogP contribution < -0.4 is 0 Å². The minimum atomic E-state index is -0.971. The van der Waals surface area contributed by atoms with Gasteiger partial charge in [0, 0.05) is 26.7 Å². The normalized spacial score (nSPS) is 21.8. The molecule has 6 nitrogen and oxygen atoms in total. The summed E-state index contributed by atoms with van der Waals surface area (Å²) >= 11 is 0. The molecule has 1 unspecified atom stereocenters. The number of morpholine rings is 1. The van der Waals surface area contributed by atoms with Crippen molar-refractivity contribution in [3.63, 3.8) is 0 Å². The molecule has 1 fully saturated rings. The first-order valence-electron chi connectivity index (χ1n) is 5.35.